The van der Waals surface area contributed by atoms with Gasteiger partial charge in [0.15, 0.2) is 0 Å². The van der Waals surface area contributed by atoms with Gasteiger partial charge in [-0.2, -0.15) is 0 Å². The first-order valence-corrected chi connectivity index (χ1v) is 5.64. The minimum Gasteiger partial charge on any atom is -0.372 e. The second kappa shape index (κ2) is 6.37. The Bertz CT molecular complexity index is 362. The number of methoxy groups -OCH3 is 1. The lowest BCUT2D eigenvalue weighted by atomic mass is 10.1. The van der Waals surface area contributed by atoms with E-state index in [1.165, 1.54) is 7.11 Å². The molecule has 1 atom stereocenters. The van der Waals surface area contributed by atoms with Crippen molar-refractivity contribution in [2.75, 3.05) is 14.2 Å². The number of carbonyl (C=O) groups excluding carboxylic acids is 1. The van der Waals surface area contributed by atoms with Crippen LogP contribution in [0.1, 0.15) is 18.1 Å². The molecule has 0 radical (unpaired) electrons. The third-order valence-electron chi connectivity index (χ3n) is 2.76. The summed E-state index contributed by atoms with van der Waals surface area (Å²) in [6.07, 6.45) is -0.400. The molecule has 0 aliphatic heterocycles. The van der Waals surface area contributed by atoms with Gasteiger partial charge < -0.3 is 15.4 Å². The van der Waals surface area contributed by atoms with Crippen LogP contribution in [0.15, 0.2) is 24.3 Å². The monoisotopic (exact) mass is 236 g/mol. The van der Waals surface area contributed by atoms with Gasteiger partial charge in [0, 0.05) is 27.2 Å². The summed E-state index contributed by atoms with van der Waals surface area (Å²) in [5.41, 5.74) is 7.70. The van der Waals surface area contributed by atoms with Crippen molar-refractivity contribution >= 4 is 5.91 Å². The molecule has 1 unspecified atom stereocenters. The number of rotatable bonds is 5. The van der Waals surface area contributed by atoms with E-state index in [-0.39, 0.29) is 5.91 Å². The highest BCUT2D eigenvalue weighted by Gasteiger charge is 2.16. The third-order valence-corrected chi connectivity index (χ3v) is 2.76. The van der Waals surface area contributed by atoms with Gasteiger partial charge in [-0.1, -0.05) is 24.3 Å². The number of nitrogens with zero attached hydrogens (tertiary/aromatic N) is 1. The second-order valence-corrected chi connectivity index (χ2v) is 4.09. The van der Waals surface area contributed by atoms with E-state index in [2.05, 4.69) is 0 Å². The van der Waals surface area contributed by atoms with E-state index >= 15 is 0 Å². The first kappa shape index (κ1) is 13.7. The molecule has 4 heteroatoms. The van der Waals surface area contributed by atoms with Crippen LogP contribution in [0.5, 0.6) is 0 Å². The predicted molar refractivity (Wildman–Crippen MR) is 67.3 cm³/mol. The molecule has 1 aromatic rings. The van der Waals surface area contributed by atoms with Gasteiger partial charge in [-0.25, -0.2) is 0 Å². The number of carbonyl (C=O) groups is 1. The molecule has 1 amide bonds. The fraction of sp³-hybridized carbons (Fsp3) is 0.462. The highest BCUT2D eigenvalue weighted by atomic mass is 16.5. The van der Waals surface area contributed by atoms with E-state index in [1.807, 2.05) is 24.3 Å². The van der Waals surface area contributed by atoms with E-state index in [0.717, 1.165) is 11.1 Å². The van der Waals surface area contributed by atoms with Gasteiger partial charge in [-0.05, 0) is 18.1 Å². The van der Waals surface area contributed by atoms with Gasteiger partial charge in [-0.15, -0.1) is 0 Å². The Morgan fingerprint density at radius 1 is 1.35 bits per heavy atom. The van der Waals surface area contributed by atoms with Gasteiger partial charge in [0.05, 0.1) is 0 Å². The number of nitrogens with two attached hydrogens (primary N) is 1. The third kappa shape index (κ3) is 3.84. The van der Waals surface area contributed by atoms with Crippen LogP contribution in [-0.2, 0) is 22.6 Å². The van der Waals surface area contributed by atoms with Crippen LogP contribution in [0.3, 0.4) is 0 Å². The van der Waals surface area contributed by atoms with Gasteiger partial charge in [0.25, 0.3) is 5.91 Å². The molecule has 1 rings (SSSR count). The van der Waals surface area contributed by atoms with Gasteiger partial charge in [0.2, 0.25) is 0 Å². The Labute approximate surface area is 102 Å². The summed E-state index contributed by atoms with van der Waals surface area (Å²) in [5, 5.41) is 0. The topological polar surface area (TPSA) is 55.6 Å². The fourth-order valence-electron chi connectivity index (χ4n) is 1.54. The summed E-state index contributed by atoms with van der Waals surface area (Å²) >= 11 is 0. The first-order chi connectivity index (χ1) is 8.08. The van der Waals surface area contributed by atoms with Gasteiger partial charge >= 0.3 is 0 Å². The standard InChI is InChI=1S/C13H20N2O2/c1-10(17-3)13(16)15(2)9-12-6-4-11(8-14)5-7-12/h4-7,10H,8-9,14H2,1-3H3. The van der Waals surface area contributed by atoms with Crippen LogP contribution in [-0.4, -0.2) is 31.1 Å². The zero-order chi connectivity index (χ0) is 12.8. The zero-order valence-corrected chi connectivity index (χ0v) is 10.6. The van der Waals surface area contributed by atoms with Crippen molar-refractivity contribution in [1.82, 2.24) is 4.90 Å². The number of hydrogen-bond acceptors (Lipinski definition) is 3. The summed E-state index contributed by atoms with van der Waals surface area (Å²) in [4.78, 5) is 13.4. The normalized spacial score (nSPS) is 12.2. The molecule has 17 heavy (non-hydrogen) atoms. The van der Waals surface area contributed by atoms with Crippen molar-refractivity contribution in [1.29, 1.82) is 0 Å². The Morgan fingerprint density at radius 3 is 2.35 bits per heavy atom. The van der Waals surface area contributed by atoms with Crippen molar-refractivity contribution in [3.63, 3.8) is 0 Å². The van der Waals surface area contributed by atoms with Crippen molar-refractivity contribution in [2.24, 2.45) is 5.73 Å². The molecule has 0 heterocycles. The summed E-state index contributed by atoms with van der Waals surface area (Å²) < 4.78 is 5.00. The van der Waals surface area contributed by atoms with E-state index in [4.69, 9.17) is 10.5 Å². The van der Waals surface area contributed by atoms with Gasteiger partial charge in [-0.3, -0.25) is 4.79 Å². The quantitative estimate of drug-likeness (QED) is 0.834. The number of ether oxygens (including phenoxy) is 1. The largest absolute Gasteiger partial charge is 0.372 e. The van der Waals surface area contributed by atoms with E-state index in [9.17, 15) is 4.79 Å². The molecule has 0 aromatic heterocycles. The zero-order valence-electron chi connectivity index (χ0n) is 10.6. The Balaban J connectivity index is 2.61. The van der Waals surface area contributed by atoms with Crippen molar-refractivity contribution < 1.29 is 9.53 Å². The molecule has 0 aliphatic rings. The van der Waals surface area contributed by atoms with Crippen LogP contribution < -0.4 is 5.73 Å². The predicted octanol–water partition coefficient (Wildman–Crippen LogP) is 1.14. The minimum atomic E-state index is -0.400. The minimum absolute atomic E-state index is 0.0181. The lowest BCUT2D eigenvalue weighted by Gasteiger charge is -2.20. The van der Waals surface area contributed by atoms with E-state index < -0.39 is 6.10 Å². The lowest BCUT2D eigenvalue weighted by molar-refractivity contribution is -0.140. The molecular weight excluding hydrogens is 216 g/mol. The number of hydrogen-bond donors (Lipinski definition) is 1. The highest BCUT2D eigenvalue weighted by Crippen LogP contribution is 2.07. The molecule has 0 aliphatic carbocycles. The molecule has 4 nitrogen and oxygen atoms in total. The van der Waals surface area contributed by atoms with Crippen molar-refractivity contribution in [2.45, 2.75) is 26.1 Å². The molecular formula is C13H20N2O2. The maximum atomic E-state index is 11.8. The Kier molecular flexibility index (Phi) is 5.12. The number of benzene rings is 1. The van der Waals surface area contributed by atoms with Crippen LogP contribution in [0.4, 0.5) is 0 Å². The van der Waals surface area contributed by atoms with Crippen LogP contribution in [0.2, 0.25) is 0 Å². The molecule has 2 N–H and O–H groups in total. The Morgan fingerprint density at radius 2 is 1.88 bits per heavy atom. The maximum Gasteiger partial charge on any atom is 0.251 e. The summed E-state index contributed by atoms with van der Waals surface area (Å²) in [6, 6.07) is 7.94. The maximum absolute atomic E-state index is 11.8. The fourth-order valence-corrected chi connectivity index (χ4v) is 1.54. The summed E-state index contributed by atoms with van der Waals surface area (Å²) in [5.74, 6) is -0.0181. The highest BCUT2D eigenvalue weighted by molar-refractivity contribution is 5.80. The molecule has 0 spiro atoms. The average Bonchev–Trinajstić information content (AvgIpc) is 2.37. The molecule has 0 bridgehead atoms. The van der Waals surface area contributed by atoms with Crippen LogP contribution in [0.25, 0.3) is 0 Å². The second-order valence-electron chi connectivity index (χ2n) is 4.09. The molecule has 0 saturated heterocycles. The molecule has 94 valence electrons. The number of amides is 1. The van der Waals surface area contributed by atoms with Crippen LogP contribution >= 0.6 is 0 Å². The SMILES string of the molecule is COC(C)C(=O)N(C)Cc1ccc(CN)cc1. The van der Waals surface area contributed by atoms with Crippen molar-refractivity contribution in [3.05, 3.63) is 35.4 Å². The lowest BCUT2D eigenvalue weighted by Crippen LogP contribution is -2.35. The molecule has 0 saturated carbocycles. The smallest absolute Gasteiger partial charge is 0.251 e. The summed E-state index contributed by atoms with van der Waals surface area (Å²) in [6.45, 7) is 2.86. The molecule has 0 fully saturated rings. The van der Waals surface area contributed by atoms with Crippen molar-refractivity contribution in [3.8, 4) is 0 Å². The van der Waals surface area contributed by atoms with E-state index in [1.54, 1.807) is 18.9 Å². The average molecular weight is 236 g/mol. The van der Waals surface area contributed by atoms with Gasteiger partial charge in [0.1, 0.15) is 6.10 Å². The van der Waals surface area contributed by atoms with Crippen LogP contribution in [0, 0.1) is 0 Å². The molecule has 1 aromatic carbocycles. The van der Waals surface area contributed by atoms with E-state index in [0.29, 0.717) is 13.1 Å². The summed E-state index contributed by atoms with van der Waals surface area (Å²) in [7, 11) is 3.31. The number of likely N-dealkylation sites (N-methyl/N-ethyl adjacent to an activating group) is 1. The Hall–Kier alpha value is -1.39. The first-order valence-electron chi connectivity index (χ1n) is 5.64.